The molecule has 44 valence electrons. The quantitative estimate of drug-likeness (QED) is 0.423. The minimum Gasteiger partial charge on any atom is -0.238 e. The Morgan fingerprint density at radius 1 is 0.750 bits per heavy atom. The summed E-state index contributed by atoms with van der Waals surface area (Å²) in [5.41, 5.74) is 0. The van der Waals surface area contributed by atoms with Crippen LogP contribution < -0.4 is 0 Å². The molecule has 1 aliphatic carbocycles. The van der Waals surface area contributed by atoms with Crippen LogP contribution in [0.15, 0.2) is 24.3 Å². The molecule has 8 heavy (non-hydrogen) atoms. The normalized spacial score (nSPS) is 35.8. The van der Waals surface area contributed by atoms with Crippen LogP contribution in [0.1, 0.15) is 0 Å². The van der Waals surface area contributed by atoms with Crippen molar-refractivity contribution in [1.82, 2.24) is 0 Å². The molecule has 0 aromatic rings. The van der Waals surface area contributed by atoms with Crippen molar-refractivity contribution in [1.29, 1.82) is 0 Å². The van der Waals surface area contributed by atoms with Crippen molar-refractivity contribution in [2.45, 2.75) is 12.3 Å². The van der Waals surface area contributed by atoms with Crippen molar-refractivity contribution in [2.75, 3.05) is 0 Å². The molecule has 0 radical (unpaired) electrons. The third-order valence-corrected chi connectivity index (χ3v) is 0.958. The lowest BCUT2D eigenvalue weighted by Gasteiger charge is -2.01. The molecule has 1 aliphatic rings. The Kier molecular flexibility index (Phi) is 1.42. The second-order valence-corrected chi connectivity index (χ2v) is 1.66. The zero-order chi connectivity index (χ0) is 5.98. The maximum absolute atomic E-state index is 12.0. The molecule has 0 aliphatic heterocycles. The van der Waals surface area contributed by atoms with Gasteiger partial charge in [-0.1, -0.05) is 0 Å². The maximum Gasteiger partial charge on any atom is 0.137 e. The first-order chi connectivity index (χ1) is 3.79. The molecule has 0 aromatic heterocycles. The van der Waals surface area contributed by atoms with Gasteiger partial charge in [-0.05, 0) is 24.3 Å². The van der Waals surface area contributed by atoms with E-state index in [1.165, 1.54) is 24.3 Å². The molecule has 0 nitrogen and oxygen atoms in total. The Morgan fingerprint density at radius 3 is 1.25 bits per heavy atom. The summed E-state index contributed by atoms with van der Waals surface area (Å²) in [5.74, 6) is 0. The summed E-state index contributed by atoms with van der Waals surface area (Å²) in [4.78, 5) is 0. The van der Waals surface area contributed by atoms with Crippen molar-refractivity contribution < 1.29 is 8.78 Å². The smallest absolute Gasteiger partial charge is 0.137 e. The molecule has 0 spiro atoms. The van der Waals surface area contributed by atoms with Gasteiger partial charge in [0.1, 0.15) is 12.3 Å². The van der Waals surface area contributed by atoms with E-state index in [1.807, 2.05) is 0 Å². The molecule has 0 unspecified atom stereocenters. The SMILES string of the molecule is FC1C=CC(F)C=C1. The Hall–Kier alpha value is -0.660. The van der Waals surface area contributed by atoms with E-state index in [0.29, 0.717) is 0 Å². The highest BCUT2D eigenvalue weighted by molar-refractivity contribution is 5.15. The van der Waals surface area contributed by atoms with Crippen LogP contribution in [0.4, 0.5) is 8.78 Å². The van der Waals surface area contributed by atoms with Crippen LogP contribution in [0.2, 0.25) is 0 Å². The Balaban J connectivity index is 2.54. The first-order valence-electron chi connectivity index (χ1n) is 2.44. The fourth-order valence-corrected chi connectivity index (χ4v) is 0.553. The molecule has 0 atom stereocenters. The second-order valence-electron chi connectivity index (χ2n) is 1.66. The predicted molar refractivity (Wildman–Crippen MR) is 28.1 cm³/mol. The highest BCUT2D eigenvalue weighted by atomic mass is 19.1. The van der Waals surface area contributed by atoms with Crippen molar-refractivity contribution in [3.63, 3.8) is 0 Å². The van der Waals surface area contributed by atoms with Gasteiger partial charge in [0.2, 0.25) is 0 Å². The first-order valence-corrected chi connectivity index (χ1v) is 2.44. The van der Waals surface area contributed by atoms with E-state index in [4.69, 9.17) is 0 Å². The number of hydrogen-bond donors (Lipinski definition) is 0. The van der Waals surface area contributed by atoms with Gasteiger partial charge < -0.3 is 0 Å². The van der Waals surface area contributed by atoms with Crippen LogP contribution >= 0.6 is 0 Å². The molecule has 2 heteroatoms. The number of alkyl halides is 2. The minimum atomic E-state index is -1.08. The highest BCUT2D eigenvalue weighted by Crippen LogP contribution is 2.07. The van der Waals surface area contributed by atoms with Gasteiger partial charge in [0, 0.05) is 0 Å². The van der Waals surface area contributed by atoms with Crippen molar-refractivity contribution in [3.05, 3.63) is 24.3 Å². The van der Waals surface area contributed by atoms with E-state index < -0.39 is 12.3 Å². The monoisotopic (exact) mass is 116 g/mol. The molecule has 0 N–H and O–H groups in total. The number of halogens is 2. The molecule has 0 saturated heterocycles. The van der Waals surface area contributed by atoms with Gasteiger partial charge >= 0.3 is 0 Å². The van der Waals surface area contributed by atoms with Crippen LogP contribution in [0.5, 0.6) is 0 Å². The first kappa shape index (κ1) is 5.48. The molecule has 1 rings (SSSR count). The molecule has 0 aromatic carbocycles. The van der Waals surface area contributed by atoms with E-state index in [2.05, 4.69) is 0 Å². The molecule has 0 saturated carbocycles. The topological polar surface area (TPSA) is 0 Å². The van der Waals surface area contributed by atoms with Crippen LogP contribution in [-0.2, 0) is 0 Å². The van der Waals surface area contributed by atoms with Gasteiger partial charge in [-0.15, -0.1) is 0 Å². The Morgan fingerprint density at radius 2 is 1.00 bits per heavy atom. The highest BCUT2D eigenvalue weighted by Gasteiger charge is 2.04. The fraction of sp³-hybridized carbons (Fsp3) is 0.333. The molecule has 0 bridgehead atoms. The Labute approximate surface area is 46.5 Å². The standard InChI is InChI=1S/C6H6F2/c7-5-1-2-6(8)4-3-5/h1-6H. The van der Waals surface area contributed by atoms with Crippen LogP contribution in [0.3, 0.4) is 0 Å². The average Bonchev–Trinajstić information content (AvgIpc) is 1.77. The van der Waals surface area contributed by atoms with Gasteiger partial charge in [-0.3, -0.25) is 0 Å². The molecule has 0 heterocycles. The number of hydrogen-bond acceptors (Lipinski definition) is 0. The molecular weight excluding hydrogens is 110 g/mol. The molecule has 0 fully saturated rings. The van der Waals surface area contributed by atoms with Crippen molar-refractivity contribution in [2.24, 2.45) is 0 Å². The van der Waals surface area contributed by atoms with Crippen LogP contribution in [0.25, 0.3) is 0 Å². The zero-order valence-corrected chi connectivity index (χ0v) is 4.22. The second kappa shape index (κ2) is 2.07. The van der Waals surface area contributed by atoms with Gasteiger partial charge in [-0.2, -0.15) is 0 Å². The summed E-state index contributed by atoms with van der Waals surface area (Å²) < 4.78 is 24.0. The van der Waals surface area contributed by atoms with E-state index in [1.54, 1.807) is 0 Å². The van der Waals surface area contributed by atoms with E-state index in [0.717, 1.165) is 0 Å². The van der Waals surface area contributed by atoms with Gasteiger partial charge in [0.05, 0.1) is 0 Å². The summed E-state index contributed by atoms with van der Waals surface area (Å²) in [6.07, 6.45) is 2.63. The summed E-state index contributed by atoms with van der Waals surface area (Å²) in [7, 11) is 0. The number of rotatable bonds is 0. The lowest BCUT2D eigenvalue weighted by molar-refractivity contribution is 0.426. The lowest BCUT2D eigenvalue weighted by atomic mass is 10.2. The Bertz CT molecular complexity index is 98.5. The van der Waals surface area contributed by atoms with Crippen LogP contribution in [0, 0.1) is 0 Å². The van der Waals surface area contributed by atoms with E-state index in [-0.39, 0.29) is 0 Å². The van der Waals surface area contributed by atoms with Gasteiger partial charge in [-0.25, -0.2) is 8.78 Å². The largest absolute Gasteiger partial charge is 0.238 e. The lowest BCUT2D eigenvalue weighted by Crippen LogP contribution is -2.00. The summed E-state index contributed by atoms with van der Waals surface area (Å²) in [6, 6.07) is 0. The van der Waals surface area contributed by atoms with Gasteiger partial charge in [0.25, 0.3) is 0 Å². The zero-order valence-electron chi connectivity index (χ0n) is 4.22. The van der Waals surface area contributed by atoms with Crippen LogP contribution in [-0.4, -0.2) is 12.3 Å². The summed E-state index contributed by atoms with van der Waals surface area (Å²) in [6.45, 7) is 0. The molecular formula is C6H6F2. The summed E-state index contributed by atoms with van der Waals surface area (Å²) in [5, 5.41) is 0. The maximum atomic E-state index is 12.0. The third-order valence-electron chi connectivity index (χ3n) is 0.958. The van der Waals surface area contributed by atoms with E-state index >= 15 is 0 Å². The predicted octanol–water partition coefficient (Wildman–Crippen LogP) is 1.79. The number of allylic oxidation sites excluding steroid dienone is 4. The van der Waals surface area contributed by atoms with Crippen molar-refractivity contribution in [3.8, 4) is 0 Å². The summed E-state index contributed by atoms with van der Waals surface area (Å²) >= 11 is 0. The van der Waals surface area contributed by atoms with Crippen molar-refractivity contribution >= 4 is 0 Å². The average molecular weight is 116 g/mol. The van der Waals surface area contributed by atoms with E-state index in [9.17, 15) is 8.78 Å². The fourth-order valence-electron chi connectivity index (χ4n) is 0.553. The third kappa shape index (κ3) is 1.15. The minimum absolute atomic E-state index is 1.08. The van der Waals surface area contributed by atoms with Gasteiger partial charge in [0.15, 0.2) is 0 Å². The molecule has 0 amide bonds.